The number of rotatable bonds is 8. The smallest absolute Gasteiger partial charge is 0.268 e. The van der Waals surface area contributed by atoms with Gasteiger partial charge in [-0.1, -0.05) is 51.1 Å². The molecular weight excluding hydrogens is 389 g/mol. The number of carbonyl (C=O) groups is 2. The normalized spacial score (nSPS) is 14.3. The highest BCUT2D eigenvalue weighted by atomic mass is 32.2. The van der Waals surface area contributed by atoms with Crippen LogP contribution in [0.1, 0.15) is 38.3 Å². The minimum atomic E-state index is -0.433. The monoisotopic (exact) mass is 413 g/mol. The molecule has 2 amide bonds. The molecule has 0 bridgehead atoms. The lowest BCUT2D eigenvalue weighted by Crippen LogP contribution is -2.31. The molecule has 1 heterocycles. The van der Waals surface area contributed by atoms with Gasteiger partial charge >= 0.3 is 0 Å². The molecule has 0 radical (unpaired) electrons. The Hall–Kier alpha value is -2.60. The van der Waals surface area contributed by atoms with Crippen LogP contribution in [0, 0.1) is 5.82 Å². The Morgan fingerprint density at radius 1 is 1.03 bits per heavy atom. The molecule has 0 fully saturated rings. The standard InChI is InChI=1S/C23H24FNO3S/c1-4-13-28-18-11-9-16(10-12-18)20-21(29-15(2)3)23(27)25(22(20)26)14-17-7-5-6-8-19(17)24/h5-12,15H,4,13-14H2,1-3H3. The summed E-state index contributed by atoms with van der Waals surface area (Å²) < 4.78 is 19.7. The number of benzene rings is 2. The molecule has 1 aliphatic heterocycles. The van der Waals surface area contributed by atoms with E-state index in [1.165, 1.54) is 17.8 Å². The summed E-state index contributed by atoms with van der Waals surface area (Å²) in [6.07, 6.45) is 0.903. The van der Waals surface area contributed by atoms with Gasteiger partial charge in [-0.3, -0.25) is 14.5 Å². The van der Waals surface area contributed by atoms with E-state index in [9.17, 15) is 14.0 Å². The molecule has 152 valence electrons. The van der Waals surface area contributed by atoms with Crippen LogP contribution in [0.3, 0.4) is 0 Å². The number of thioether (sulfide) groups is 1. The van der Waals surface area contributed by atoms with Gasteiger partial charge in [-0.15, -0.1) is 11.8 Å². The zero-order chi connectivity index (χ0) is 21.0. The van der Waals surface area contributed by atoms with Gasteiger partial charge in [-0.25, -0.2) is 4.39 Å². The fourth-order valence-corrected chi connectivity index (χ4v) is 4.04. The van der Waals surface area contributed by atoms with Crippen LogP contribution in [-0.2, 0) is 16.1 Å². The number of nitrogens with zero attached hydrogens (tertiary/aromatic N) is 1. The zero-order valence-electron chi connectivity index (χ0n) is 16.8. The van der Waals surface area contributed by atoms with Crippen LogP contribution in [0.2, 0.25) is 0 Å². The fraction of sp³-hybridized carbons (Fsp3) is 0.304. The largest absolute Gasteiger partial charge is 0.494 e. The maximum atomic E-state index is 14.1. The lowest BCUT2D eigenvalue weighted by Gasteiger charge is -2.16. The van der Waals surface area contributed by atoms with Crippen molar-refractivity contribution in [2.24, 2.45) is 0 Å². The molecule has 0 saturated heterocycles. The molecule has 0 unspecified atom stereocenters. The fourth-order valence-electron chi connectivity index (χ4n) is 3.03. The van der Waals surface area contributed by atoms with Crippen LogP contribution in [-0.4, -0.2) is 28.6 Å². The Kier molecular flexibility index (Phi) is 6.75. The van der Waals surface area contributed by atoms with E-state index in [1.54, 1.807) is 42.5 Å². The van der Waals surface area contributed by atoms with Crippen LogP contribution < -0.4 is 4.74 Å². The Labute approximate surface area is 174 Å². The molecule has 6 heteroatoms. The quantitative estimate of drug-likeness (QED) is 0.569. The summed E-state index contributed by atoms with van der Waals surface area (Å²) >= 11 is 1.36. The molecule has 29 heavy (non-hydrogen) atoms. The van der Waals surface area contributed by atoms with Crippen molar-refractivity contribution in [1.82, 2.24) is 4.90 Å². The third-order valence-corrected chi connectivity index (χ3v) is 5.47. The second-order valence-corrected chi connectivity index (χ2v) is 8.62. The van der Waals surface area contributed by atoms with Crippen molar-refractivity contribution in [1.29, 1.82) is 0 Å². The summed E-state index contributed by atoms with van der Waals surface area (Å²) in [7, 11) is 0. The Balaban J connectivity index is 1.93. The molecule has 0 aliphatic carbocycles. The maximum Gasteiger partial charge on any atom is 0.268 e. The van der Waals surface area contributed by atoms with E-state index in [4.69, 9.17) is 4.74 Å². The first-order valence-corrected chi connectivity index (χ1v) is 10.5. The van der Waals surface area contributed by atoms with Crippen LogP contribution in [0.4, 0.5) is 4.39 Å². The summed E-state index contributed by atoms with van der Waals surface area (Å²) in [4.78, 5) is 27.7. The SMILES string of the molecule is CCCOc1ccc(C2=C(SC(C)C)C(=O)N(Cc3ccccc3F)C2=O)cc1. The molecule has 0 atom stereocenters. The number of ether oxygens (including phenoxy) is 1. The highest BCUT2D eigenvalue weighted by Crippen LogP contribution is 2.39. The third kappa shape index (κ3) is 4.70. The number of imide groups is 1. The number of halogens is 1. The highest BCUT2D eigenvalue weighted by Gasteiger charge is 2.39. The maximum absolute atomic E-state index is 14.1. The van der Waals surface area contributed by atoms with Crippen molar-refractivity contribution < 1.29 is 18.7 Å². The van der Waals surface area contributed by atoms with E-state index in [1.807, 2.05) is 20.8 Å². The van der Waals surface area contributed by atoms with Gasteiger partial charge in [0, 0.05) is 10.8 Å². The average molecular weight is 414 g/mol. The predicted molar refractivity (Wildman–Crippen MR) is 114 cm³/mol. The minimum absolute atomic E-state index is 0.0896. The van der Waals surface area contributed by atoms with Crippen molar-refractivity contribution in [3.63, 3.8) is 0 Å². The summed E-state index contributed by atoms with van der Waals surface area (Å²) in [5.74, 6) is -0.492. The molecule has 0 spiro atoms. The summed E-state index contributed by atoms with van der Waals surface area (Å²) in [5.41, 5.74) is 1.34. The summed E-state index contributed by atoms with van der Waals surface area (Å²) in [6.45, 7) is 6.49. The first kappa shape index (κ1) is 21.1. The lowest BCUT2D eigenvalue weighted by atomic mass is 10.1. The van der Waals surface area contributed by atoms with Gasteiger partial charge in [0.1, 0.15) is 11.6 Å². The average Bonchev–Trinajstić information content (AvgIpc) is 2.92. The van der Waals surface area contributed by atoms with Crippen LogP contribution in [0.15, 0.2) is 53.4 Å². The summed E-state index contributed by atoms with van der Waals surface area (Å²) in [5, 5.41) is 0.123. The van der Waals surface area contributed by atoms with Gasteiger partial charge in [0.25, 0.3) is 11.8 Å². The van der Waals surface area contributed by atoms with E-state index < -0.39 is 11.7 Å². The minimum Gasteiger partial charge on any atom is -0.494 e. The molecule has 4 nitrogen and oxygen atoms in total. The molecule has 0 aromatic heterocycles. The molecular formula is C23H24FNO3S. The van der Waals surface area contributed by atoms with Crippen molar-refractivity contribution in [3.05, 3.63) is 70.4 Å². The van der Waals surface area contributed by atoms with Crippen LogP contribution >= 0.6 is 11.8 Å². The first-order chi connectivity index (χ1) is 13.9. The van der Waals surface area contributed by atoms with E-state index in [-0.39, 0.29) is 17.7 Å². The van der Waals surface area contributed by atoms with E-state index >= 15 is 0 Å². The highest BCUT2D eigenvalue weighted by molar-refractivity contribution is 8.04. The number of hydrogen-bond donors (Lipinski definition) is 0. The zero-order valence-corrected chi connectivity index (χ0v) is 17.6. The number of amides is 2. The van der Waals surface area contributed by atoms with Gasteiger partial charge in [-0.2, -0.15) is 0 Å². The molecule has 2 aromatic carbocycles. The van der Waals surface area contributed by atoms with Crippen molar-refractivity contribution in [2.75, 3.05) is 6.61 Å². The lowest BCUT2D eigenvalue weighted by molar-refractivity contribution is -0.137. The van der Waals surface area contributed by atoms with Crippen LogP contribution in [0.25, 0.3) is 5.57 Å². The van der Waals surface area contributed by atoms with Gasteiger partial charge in [-0.05, 0) is 30.2 Å². The van der Waals surface area contributed by atoms with Gasteiger partial charge in [0.05, 0.1) is 23.6 Å². The summed E-state index contributed by atoms with van der Waals surface area (Å²) in [6, 6.07) is 13.4. The molecule has 0 N–H and O–H groups in total. The van der Waals surface area contributed by atoms with E-state index in [0.29, 0.717) is 34.0 Å². The first-order valence-electron chi connectivity index (χ1n) is 9.66. The molecule has 0 saturated carbocycles. The van der Waals surface area contributed by atoms with Crippen molar-refractivity contribution in [3.8, 4) is 5.75 Å². The van der Waals surface area contributed by atoms with Gasteiger partial charge < -0.3 is 4.74 Å². The van der Waals surface area contributed by atoms with E-state index in [2.05, 4.69) is 0 Å². The molecule has 1 aliphatic rings. The molecule has 3 rings (SSSR count). The van der Waals surface area contributed by atoms with Crippen molar-refractivity contribution in [2.45, 2.75) is 39.0 Å². The van der Waals surface area contributed by atoms with Crippen LogP contribution in [0.5, 0.6) is 5.75 Å². The number of carbonyl (C=O) groups excluding carboxylic acids is 2. The second-order valence-electron chi connectivity index (χ2n) is 7.03. The predicted octanol–water partition coefficient (Wildman–Crippen LogP) is 5.04. The second kappa shape index (κ2) is 9.27. The Bertz CT molecular complexity index is 937. The molecule has 2 aromatic rings. The topological polar surface area (TPSA) is 46.6 Å². The Morgan fingerprint density at radius 3 is 2.34 bits per heavy atom. The number of hydrogen-bond acceptors (Lipinski definition) is 4. The van der Waals surface area contributed by atoms with Crippen molar-refractivity contribution >= 4 is 29.1 Å². The Morgan fingerprint density at radius 2 is 1.72 bits per heavy atom. The van der Waals surface area contributed by atoms with Gasteiger partial charge in [0.2, 0.25) is 0 Å². The van der Waals surface area contributed by atoms with Gasteiger partial charge in [0.15, 0.2) is 0 Å². The van der Waals surface area contributed by atoms with E-state index in [0.717, 1.165) is 11.3 Å². The third-order valence-electron chi connectivity index (χ3n) is 4.38.